The van der Waals surface area contributed by atoms with Crippen molar-refractivity contribution >= 4 is 23.2 Å². The number of hydrogen-bond donors (Lipinski definition) is 1. The minimum absolute atomic E-state index is 0.181. The number of hydrogen-bond acceptors (Lipinski definition) is 8. The molecule has 1 aromatic heterocycles. The van der Waals surface area contributed by atoms with E-state index in [9.17, 15) is 33.8 Å². The quantitative estimate of drug-likeness (QED) is 0.242. The number of aromatic nitrogens is 2. The normalized spacial score (nSPS) is 11.5. The van der Waals surface area contributed by atoms with Crippen LogP contribution in [0.15, 0.2) is 29.4 Å². The standard InChI is InChI=1S/C14H12F2N6O6/c1-7-12(22(26)27)11(13(15)16)18-20(7)6-10(23)28-19-14(17)8-2-4-9(5-3-8)21(24)25/h2-5,13H,6H2,1H3,(H2,17,19). The number of nitro groups is 2. The molecule has 0 amide bonds. The van der Waals surface area contributed by atoms with Gasteiger partial charge in [0, 0.05) is 17.7 Å². The van der Waals surface area contributed by atoms with E-state index in [1.807, 2.05) is 0 Å². The Balaban J connectivity index is 2.11. The Kier molecular flexibility index (Phi) is 5.92. The number of alkyl halides is 2. The summed E-state index contributed by atoms with van der Waals surface area (Å²) in [7, 11) is 0. The molecule has 2 N–H and O–H groups in total. The van der Waals surface area contributed by atoms with Crippen molar-refractivity contribution in [3.8, 4) is 0 Å². The molecule has 0 spiro atoms. The number of carbonyl (C=O) groups excluding carboxylic acids is 1. The number of oxime groups is 1. The van der Waals surface area contributed by atoms with Crippen molar-refractivity contribution in [3.63, 3.8) is 0 Å². The second kappa shape index (κ2) is 8.15. The molecule has 12 nitrogen and oxygen atoms in total. The summed E-state index contributed by atoms with van der Waals surface area (Å²) in [5.74, 6) is -1.36. The van der Waals surface area contributed by atoms with Gasteiger partial charge in [-0.3, -0.25) is 24.9 Å². The number of halogens is 2. The van der Waals surface area contributed by atoms with E-state index in [-0.39, 0.29) is 22.8 Å². The van der Waals surface area contributed by atoms with Gasteiger partial charge in [-0.15, -0.1) is 0 Å². The van der Waals surface area contributed by atoms with E-state index in [1.54, 1.807) is 0 Å². The summed E-state index contributed by atoms with van der Waals surface area (Å²) in [6, 6.07) is 4.89. The maximum Gasteiger partial charge on any atom is 0.356 e. The van der Waals surface area contributed by atoms with Crippen molar-refractivity contribution in [3.05, 3.63) is 61.4 Å². The van der Waals surface area contributed by atoms with Crippen molar-refractivity contribution in [2.45, 2.75) is 19.9 Å². The second-order valence-electron chi connectivity index (χ2n) is 5.28. The van der Waals surface area contributed by atoms with Gasteiger partial charge in [-0.25, -0.2) is 13.6 Å². The molecule has 2 aromatic rings. The molecule has 0 aliphatic carbocycles. The van der Waals surface area contributed by atoms with Gasteiger partial charge >= 0.3 is 11.7 Å². The van der Waals surface area contributed by atoms with Crippen LogP contribution in [-0.4, -0.2) is 31.4 Å². The Morgan fingerprint density at radius 2 is 1.89 bits per heavy atom. The molecule has 0 aliphatic rings. The molecule has 0 atom stereocenters. The summed E-state index contributed by atoms with van der Waals surface area (Å²) >= 11 is 0. The monoisotopic (exact) mass is 398 g/mol. The van der Waals surface area contributed by atoms with Gasteiger partial charge in [0.05, 0.1) is 9.85 Å². The van der Waals surface area contributed by atoms with Gasteiger partial charge in [0.25, 0.3) is 12.1 Å². The van der Waals surface area contributed by atoms with E-state index < -0.39 is 40.2 Å². The molecule has 14 heteroatoms. The van der Waals surface area contributed by atoms with Crippen LogP contribution in [0.25, 0.3) is 0 Å². The van der Waals surface area contributed by atoms with E-state index in [2.05, 4.69) is 15.1 Å². The minimum atomic E-state index is -3.20. The number of nitrogens with zero attached hydrogens (tertiary/aromatic N) is 5. The second-order valence-corrected chi connectivity index (χ2v) is 5.28. The number of nitrogens with two attached hydrogens (primary N) is 1. The smallest absolute Gasteiger partial charge is 0.356 e. The number of benzene rings is 1. The largest absolute Gasteiger partial charge is 0.380 e. The molecule has 0 aliphatic heterocycles. The maximum absolute atomic E-state index is 12.9. The molecule has 1 heterocycles. The van der Waals surface area contributed by atoms with Crippen LogP contribution >= 0.6 is 0 Å². The lowest BCUT2D eigenvalue weighted by Gasteiger charge is -2.03. The fraction of sp³-hybridized carbons (Fsp3) is 0.214. The predicted octanol–water partition coefficient (Wildman–Crippen LogP) is 1.81. The Labute approximate surface area is 154 Å². The molecule has 0 bridgehead atoms. The van der Waals surface area contributed by atoms with E-state index >= 15 is 0 Å². The molecule has 148 valence electrons. The van der Waals surface area contributed by atoms with Crippen molar-refractivity contribution in [2.24, 2.45) is 10.9 Å². The molecule has 0 saturated carbocycles. The zero-order valence-electron chi connectivity index (χ0n) is 14.1. The van der Waals surface area contributed by atoms with Crippen molar-refractivity contribution < 1.29 is 28.3 Å². The van der Waals surface area contributed by atoms with E-state index in [0.717, 1.165) is 19.1 Å². The Bertz CT molecular complexity index is 956. The molecule has 0 unspecified atom stereocenters. The van der Waals surface area contributed by atoms with Crippen LogP contribution in [0, 0.1) is 27.2 Å². The molecule has 2 rings (SSSR count). The molecular formula is C14H12F2N6O6. The molecule has 0 saturated heterocycles. The van der Waals surface area contributed by atoms with Crippen LogP contribution in [0.5, 0.6) is 0 Å². The lowest BCUT2D eigenvalue weighted by molar-refractivity contribution is -0.386. The first kappa shape index (κ1) is 20.3. The Morgan fingerprint density at radius 3 is 2.36 bits per heavy atom. The van der Waals surface area contributed by atoms with Crippen LogP contribution in [-0.2, 0) is 16.2 Å². The van der Waals surface area contributed by atoms with Gasteiger partial charge in [-0.1, -0.05) is 5.16 Å². The third kappa shape index (κ3) is 4.40. The highest BCUT2D eigenvalue weighted by Gasteiger charge is 2.31. The highest BCUT2D eigenvalue weighted by atomic mass is 19.3. The summed E-state index contributed by atoms with van der Waals surface area (Å²) < 4.78 is 26.4. The SMILES string of the molecule is Cc1c([N+](=O)[O-])c(C(F)F)nn1CC(=O)O/N=C(\N)c1ccc([N+](=O)[O-])cc1. The average molecular weight is 398 g/mol. The van der Waals surface area contributed by atoms with Crippen LogP contribution in [0.3, 0.4) is 0 Å². The topological polar surface area (TPSA) is 169 Å². The molecule has 28 heavy (non-hydrogen) atoms. The maximum atomic E-state index is 12.9. The Morgan fingerprint density at radius 1 is 1.29 bits per heavy atom. The lowest BCUT2D eigenvalue weighted by atomic mass is 10.2. The highest BCUT2D eigenvalue weighted by Crippen LogP contribution is 2.30. The summed E-state index contributed by atoms with van der Waals surface area (Å²) in [4.78, 5) is 36.2. The van der Waals surface area contributed by atoms with E-state index in [0.29, 0.717) is 4.68 Å². The zero-order chi connectivity index (χ0) is 21.0. The minimum Gasteiger partial charge on any atom is -0.380 e. The summed E-state index contributed by atoms with van der Waals surface area (Å²) in [5, 5.41) is 28.2. The van der Waals surface area contributed by atoms with Crippen molar-refractivity contribution in [1.82, 2.24) is 9.78 Å². The number of rotatable bonds is 7. The lowest BCUT2D eigenvalue weighted by Crippen LogP contribution is -2.18. The Hall–Kier alpha value is -3.97. The number of carbonyl (C=O) groups is 1. The molecule has 1 aromatic carbocycles. The fourth-order valence-corrected chi connectivity index (χ4v) is 2.14. The number of amidine groups is 1. The third-order valence-electron chi connectivity index (χ3n) is 3.49. The van der Waals surface area contributed by atoms with Crippen LogP contribution < -0.4 is 5.73 Å². The fourth-order valence-electron chi connectivity index (χ4n) is 2.14. The van der Waals surface area contributed by atoms with Gasteiger partial charge in [0.1, 0.15) is 12.2 Å². The van der Waals surface area contributed by atoms with Crippen LogP contribution in [0.2, 0.25) is 0 Å². The first-order valence-electron chi connectivity index (χ1n) is 7.39. The number of non-ortho nitro benzene ring substituents is 1. The van der Waals surface area contributed by atoms with Crippen LogP contribution in [0.1, 0.15) is 23.4 Å². The van der Waals surface area contributed by atoms with Gasteiger partial charge in [-0.05, 0) is 19.1 Å². The van der Waals surface area contributed by atoms with Gasteiger partial charge < -0.3 is 10.6 Å². The summed E-state index contributed by atoms with van der Waals surface area (Å²) in [5.41, 5.74) is 3.42. The van der Waals surface area contributed by atoms with Crippen LogP contribution in [0.4, 0.5) is 20.2 Å². The zero-order valence-corrected chi connectivity index (χ0v) is 14.1. The van der Waals surface area contributed by atoms with E-state index in [4.69, 9.17) is 5.73 Å². The first-order valence-corrected chi connectivity index (χ1v) is 7.39. The van der Waals surface area contributed by atoms with Crippen molar-refractivity contribution in [2.75, 3.05) is 0 Å². The average Bonchev–Trinajstić information content (AvgIpc) is 2.96. The molecule has 0 radical (unpaired) electrons. The predicted molar refractivity (Wildman–Crippen MR) is 88.5 cm³/mol. The molecular weight excluding hydrogens is 386 g/mol. The highest BCUT2D eigenvalue weighted by molar-refractivity contribution is 5.97. The van der Waals surface area contributed by atoms with Crippen molar-refractivity contribution in [1.29, 1.82) is 0 Å². The van der Waals surface area contributed by atoms with Gasteiger partial charge in [0.15, 0.2) is 5.84 Å². The summed E-state index contributed by atoms with van der Waals surface area (Å²) in [6.45, 7) is 0.426. The van der Waals surface area contributed by atoms with Gasteiger partial charge in [-0.2, -0.15) is 5.10 Å². The van der Waals surface area contributed by atoms with Gasteiger partial charge in [0.2, 0.25) is 5.69 Å². The first-order chi connectivity index (χ1) is 13.1. The summed E-state index contributed by atoms with van der Waals surface area (Å²) in [6.07, 6.45) is -3.20. The third-order valence-corrected chi connectivity index (χ3v) is 3.49. The number of nitro benzene ring substituents is 1. The van der Waals surface area contributed by atoms with E-state index in [1.165, 1.54) is 12.1 Å². The molecule has 0 fully saturated rings.